The van der Waals surface area contributed by atoms with Gasteiger partial charge in [-0.05, 0) is 35.2 Å². The quantitative estimate of drug-likeness (QED) is 0.557. The smallest absolute Gasteiger partial charge is 0.235 e. The van der Waals surface area contributed by atoms with Crippen LogP contribution in [0.5, 0.6) is 0 Å². The first kappa shape index (κ1) is 21.6. The van der Waals surface area contributed by atoms with Gasteiger partial charge in [0.1, 0.15) is 5.75 Å². The van der Waals surface area contributed by atoms with Gasteiger partial charge in [0.05, 0.1) is 12.4 Å². The standard InChI is InChI=1S/C20H24BrNO4S/c1-2-11-26-13-18-6-4-3-5-17(18)12-22-20(23)15-27(24,25)14-16-7-9-19(21)10-8-16/h3-10H,2,11-15H2,1H3,(H,22,23). The van der Waals surface area contributed by atoms with Gasteiger partial charge in [-0.3, -0.25) is 4.79 Å². The molecule has 2 aromatic rings. The van der Waals surface area contributed by atoms with Crippen LogP contribution in [0.25, 0.3) is 0 Å². The fourth-order valence-corrected chi connectivity index (χ4v) is 4.10. The van der Waals surface area contributed by atoms with Crippen molar-refractivity contribution >= 4 is 31.7 Å². The molecule has 2 rings (SSSR count). The molecule has 0 atom stereocenters. The van der Waals surface area contributed by atoms with E-state index in [4.69, 9.17) is 4.74 Å². The first-order valence-electron chi connectivity index (χ1n) is 8.75. The van der Waals surface area contributed by atoms with Crippen molar-refractivity contribution < 1.29 is 17.9 Å². The third-order valence-corrected chi connectivity index (χ3v) is 5.86. The predicted molar refractivity (Wildman–Crippen MR) is 110 cm³/mol. The van der Waals surface area contributed by atoms with Crippen molar-refractivity contribution in [1.29, 1.82) is 0 Å². The summed E-state index contributed by atoms with van der Waals surface area (Å²) in [7, 11) is -3.53. The second kappa shape index (κ2) is 10.6. The second-order valence-corrected chi connectivity index (χ2v) is 9.24. The number of halogens is 1. The highest BCUT2D eigenvalue weighted by Crippen LogP contribution is 2.13. The first-order valence-corrected chi connectivity index (χ1v) is 11.4. The van der Waals surface area contributed by atoms with Crippen molar-refractivity contribution in [2.75, 3.05) is 12.4 Å². The topological polar surface area (TPSA) is 72.5 Å². The van der Waals surface area contributed by atoms with Crippen LogP contribution in [0, 0.1) is 0 Å². The van der Waals surface area contributed by atoms with Gasteiger partial charge in [0.15, 0.2) is 9.84 Å². The van der Waals surface area contributed by atoms with E-state index in [0.717, 1.165) is 22.0 Å². The molecule has 2 aromatic carbocycles. The van der Waals surface area contributed by atoms with E-state index < -0.39 is 21.5 Å². The Morgan fingerprint density at radius 3 is 2.41 bits per heavy atom. The predicted octanol–water partition coefficient (Wildman–Crippen LogP) is 3.61. The summed E-state index contributed by atoms with van der Waals surface area (Å²) in [5.74, 6) is -1.19. The van der Waals surface area contributed by atoms with Crippen molar-refractivity contribution in [2.24, 2.45) is 0 Å². The number of sulfone groups is 1. The van der Waals surface area contributed by atoms with E-state index in [1.807, 2.05) is 31.2 Å². The number of ether oxygens (including phenoxy) is 1. The lowest BCUT2D eigenvalue weighted by Crippen LogP contribution is -2.30. The molecule has 0 radical (unpaired) electrons. The van der Waals surface area contributed by atoms with Crippen molar-refractivity contribution in [3.8, 4) is 0 Å². The number of hydrogen-bond donors (Lipinski definition) is 1. The number of nitrogens with one attached hydrogen (secondary N) is 1. The van der Waals surface area contributed by atoms with Crippen molar-refractivity contribution in [3.05, 3.63) is 69.7 Å². The lowest BCUT2D eigenvalue weighted by molar-refractivity contribution is -0.118. The van der Waals surface area contributed by atoms with Crippen LogP contribution in [0.15, 0.2) is 53.0 Å². The Morgan fingerprint density at radius 2 is 1.74 bits per heavy atom. The minimum Gasteiger partial charge on any atom is -0.377 e. The summed E-state index contributed by atoms with van der Waals surface area (Å²) < 4.78 is 30.9. The number of carbonyl (C=O) groups excluding carboxylic acids is 1. The first-order chi connectivity index (χ1) is 12.9. The molecular weight excluding hydrogens is 430 g/mol. The van der Waals surface area contributed by atoms with Gasteiger partial charge in [-0.25, -0.2) is 8.42 Å². The molecule has 146 valence electrons. The zero-order valence-electron chi connectivity index (χ0n) is 15.3. The minimum absolute atomic E-state index is 0.158. The third kappa shape index (κ3) is 7.82. The molecular formula is C20H24BrNO4S. The molecule has 0 fully saturated rings. The van der Waals surface area contributed by atoms with Gasteiger partial charge in [0.25, 0.3) is 0 Å². The number of benzene rings is 2. The molecule has 0 spiro atoms. The molecule has 0 aromatic heterocycles. The van der Waals surface area contributed by atoms with Crippen LogP contribution in [0.1, 0.15) is 30.0 Å². The number of hydrogen-bond acceptors (Lipinski definition) is 4. The summed E-state index contributed by atoms with van der Waals surface area (Å²) in [5, 5.41) is 2.70. The van der Waals surface area contributed by atoms with Crippen LogP contribution < -0.4 is 5.32 Å². The Kier molecular flexibility index (Phi) is 8.47. The van der Waals surface area contributed by atoms with Gasteiger partial charge >= 0.3 is 0 Å². The molecule has 0 saturated heterocycles. The molecule has 0 aliphatic heterocycles. The average molecular weight is 454 g/mol. The van der Waals surface area contributed by atoms with E-state index >= 15 is 0 Å². The van der Waals surface area contributed by atoms with Gasteiger partial charge in [-0.15, -0.1) is 0 Å². The van der Waals surface area contributed by atoms with E-state index in [-0.39, 0.29) is 12.3 Å². The van der Waals surface area contributed by atoms with Gasteiger partial charge in [-0.2, -0.15) is 0 Å². The summed E-state index contributed by atoms with van der Waals surface area (Å²) in [6.45, 7) is 3.47. The summed E-state index contributed by atoms with van der Waals surface area (Å²) in [4.78, 5) is 12.1. The van der Waals surface area contributed by atoms with Crippen molar-refractivity contribution in [3.63, 3.8) is 0 Å². The van der Waals surface area contributed by atoms with E-state index in [1.54, 1.807) is 24.3 Å². The Morgan fingerprint density at radius 1 is 1.07 bits per heavy atom. The zero-order valence-corrected chi connectivity index (χ0v) is 17.7. The van der Waals surface area contributed by atoms with Crippen LogP contribution >= 0.6 is 15.9 Å². The van der Waals surface area contributed by atoms with Crippen LogP contribution in [0.3, 0.4) is 0 Å². The summed E-state index contributed by atoms with van der Waals surface area (Å²) in [5.41, 5.74) is 2.57. The minimum atomic E-state index is -3.53. The monoisotopic (exact) mass is 453 g/mol. The molecule has 0 unspecified atom stereocenters. The van der Waals surface area contributed by atoms with Crippen LogP contribution in [-0.4, -0.2) is 26.7 Å². The van der Waals surface area contributed by atoms with Gasteiger partial charge < -0.3 is 10.1 Å². The normalized spacial score (nSPS) is 11.3. The SMILES string of the molecule is CCCOCc1ccccc1CNC(=O)CS(=O)(=O)Cc1ccc(Br)cc1. The number of rotatable bonds is 10. The highest BCUT2D eigenvalue weighted by atomic mass is 79.9. The summed E-state index contributed by atoms with van der Waals surface area (Å²) >= 11 is 3.31. The molecule has 7 heteroatoms. The van der Waals surface area contributed by atoms with E-state index in [9.17, 15) is 13.2 Å². The fourth-order valence-electron chi connectivity index (χ4n) is 2.53. The molecule has 0 bridgehead atoms. The highest BCUT2D eigenvalue weighted by molar-refractivity contribution is 9.10. The van der Waals surface area contributed by atoms with E-state index in [0.29, 0.717) is 18.8 Å². The number of carbonyl (C=O) groups is 1. The van der Waals surface area contributed by atoms with Crippen LogP contribution in [0.4, 0.5) is 0 Å². The number of amides is 1. The molecule has 1 N–H and O–H groups in total. The van der Waals surface area contributed by atoms with E-state index in [2.05, 4.69) is 21.2 Å². The Labute approximate surface area is 169 Å². The van der Waals surface area contributed by atoms with Crippen molar-refractivity contribution in [2.45, 2.75) is 32.2 Å². The maximum atomic E-state index is 12.3. The lowest BCUT2D eigenvalue weighted by Gasteiger charge is -2.11. The fraction of sp³-hybridized carbons (Fsp3) is 0.350. The summed E-state index contributed by atoms with van der Waals surface area (Å²) in [6.07, 6.45) is 0.940. The lowest BCUT2D eigenvalue weighted by atomic mass is 10.1. The maximum Gasteiger partial charge on any atom is 0.235 e. The maximum absolute atomic E-state index is 12.3. The molecule has 27 heavy (non-hydrogen) atoms. The second-order valence-electron chi connectivity index (χ2n) is 6.26. The van der Waals surface area contributed by atoms with Crippen molar-refractivity contribution in [1.82, 2.24) is 5.32 Å². The average Bonchev–Trinajstić information content (AvgIpc) is 2.62. The molecule has 0 aliphatic carbocycles. The summed E-state index contributed by atoms with van der Waals surface area (Å²) in [6, 6.07) is 14.7. The molecule has 5 nitrogen and oxygen atoms in total. The largest absolute Gasteiger partial charge is 0.377 e. The molecule has 1 amide bonds. The zero-order chi connectivity index (χ0) is 19.7. The van der Waals surface area contributed by atoms with Crippen LogP contribution in [-0.2, 0) is 38.3 Å². The third-order valence-electron chi connectivity index (χ3n) is 3.85. The molecule has 0 aliphatic rings. The van der Waals surface area contributed by atoms with Gasteiger partial charge in [0, 0.05) is 17.6 Å². The Hall–Kier alpha value is -1.70. The Balaban J connectivity index is 1.89. The molecule has 0 heterocycles. The molecule has 0 saturated carbocycles. The van der Waals surface area contributed by atoms with Gasteiger partial charge in [-0.1, -0.05) is 59.3 Å². The Bertz CT molecular complexity index is 851. The van der Waals surface area contributed by atoms with Gasteiger partial charge in [0.2, 0.25) is 5.91 Å². The van der Waals surface area contributed by atoms with Crippen LogP contribution in [0.2, 0.25) is 0 Å². The van der Waals surface area contributed by atoms with E-state index in [1.165, 1.54) is 0 Å². The highest BCUT2D eigenvalue weighted by Gasteiger charge is 2.17.